The van der Waals surface area contributed by atoms with Crippen molar-refractivity contribution >= 4 is 5.82 Å². The zero-order valence-electron chi connectivity index (χ0n) is 5.80. The molecule has 0 bridgehead atoms. The minimum atomic E-state index is 0.973. The van der Waals surface area contributed by atoms with Crippen LogP contribution in [0.4, 0.5) is 5.82 Å². The molecule has 0 saturated carbocycles. The first-order valence-corrected chi connectivity index (χ1v) is 3.56. The molecule has 1 aromatic heterocycles. The van der Waals surface area contributed by atoms with E-state index >= 15 is 0 Å². The van der Waals surface area contributed by atoms with Gasteiger partial charge in [0.15, 0.2) is 0 Å². The van der Waals surface area contributed by atoms with Gasteiger partial charge in [0.2, 0.25) is 0 Å². The fourth-order valence-electron chi connectivity index (χ4n) is 1.23. The summed E-state index contributed by atoms with van der Waals surface area (Å²) in [6.45, 7) is 3.18. The largest absolute Gasteiger partial charge is 0.348 e. The topological polar surface area (TPSA) is 31.1 Å². The summed E-state index contributed by atoms with van der Waals surface area (Å²) < 4.78 is 0. The highest BCUT2D eigenvalue weighted by Crippen LogP contribution is 2.09. The molecule has 2 heterocycles. The van der Waals surface area contributed by atoms with Gasteiger partial charge >= 0.3 is 0 Å². The Labute approximate surface area is 60.0 Å². The van der Waals surface area contributed by atoms with Crippen molar-refractivity contribution in [1.29, 1.82) is 0 Å². The molecule has 3 nitrogen and oxygen atoms in total. The van der Waals surface area contributed by atoms with Crippen molar-refractivity contribution in [2.75, 3.05) is 24.7 Å². The van der Waals surface area contributed by atoms with Crippen LogP contribution in [0.2, 0.25) is 0 Å². The van der Waals surface area contributed by atoms with Crippen LogP contribution in [0.3, 0.4) is 0 Å². The molecule has 10 heavy (non-hydrogen) atoms. The summed E-state index contributed by atoms with van der Waals surface area (Å²) in [5.74, 6) is 1.21. The quantitative estimate of drug-likeness (QED) is 0.586. The zero-order chi connectivity index (χ0) is 6.81. The van der Waals surface area contributed by atoms with Gasteiger partial charge in [-0.15, -0.1) is 0 Å². The van der Waals surface area contributed by atoms with Crippen LogP contribution < -0.4 is 10.2 Å². The predicted octanol–water partition coefficient (Wildman–Crippen LogP) is 0.382. The maximum absolute atomic E-state index is 3.27. The number of aromatic amines is 1. The molecular weight excluding hydrogens is 126 g/mol. The van der Waals surface area contributed by atoms with E-state index in [4.69, 9.17) is 0 Å². The summed E-state index contributed by atoms with van der Waals surface area (Å²) in [5, 5.41) is 3.27. The van der Waals surface area contributed by atoms with E-state index in [1.807, 2.05) is 12.3 Å². The lowest BCUT2D eigenvalue weighted by molar-refractivity contribution is 0.851. The summed E-state index contributed by atoms with van der Waals surface area (Å²) in [7, 11) is 0. The molecule has 2 rings (SSSR count). The molecule has 0 aromatic carbocycles. The van der Waals surface area contributed by atoms with Gasteiger partial charge < -0.3 is 9.88 Å². The second-order valence-corrected chi connectivity index (χ2v) is 2.48. The van der Waals surface area contributed by atoms with E-state index in [0.717, 1.165) is 19.8 Å². The van der Waals surface area contributed by atoms with Crippen LogP contribution in [-0.2, 0) is 0 Å². The Kier molecular flexibility index (Phi) is 1.36. The molecule has 0 radical (unpaired) electrons. The van der Waals surface area contributed by atoms with Crippen molar-refractivity contribution in [2.45, 2.75) is 0 Å². The van der Waals surface area contributed by atoms with Gasteiger partial charge in [0.1, 0.15) is 5.82 Å². The molecule has 0 amide bonds. The average Bonchev–Trinajstić information content (AvgIpc) is 2.59. The third-order valence-electron chi connectivity index (χ3n) is 1.78. The van der Waals surface area contributed by atoms with Crippen LogP contribution in [-0.4, -0.2) is 24.7 Å². The number of nitrogens with zero attached hydrogens (tertiary/aromatic N) is 1. The molecule has 54 valence electrons. The van der Waals surface area contributed by atoms with Gasteiger partial charge in [0.05, 0.1) is 6.67 Å². The Balaban J connectivity index is 2.12. The highest BCUT2D eigenvalue weighted by Gasteiger charge is 2.10. The van der Waals surface area contributed by atoms with Crippen molar-refractivity contribution in [1.82, 2.24) is 10.3 Å². The molecule has 2 N–H and O–H groups in total. The first-order valence-electron chi connectivity index (χ1n) is 3.56. The number of rotatable bonds is 1. The summed E-state index contributed by atoms with van der Waals surface area (Å²) in [6.07, 6.45) is 1.95. The molecule has 1 aliphatic heterocycles. The van der Waals surface area contributed by atoms with Gasteiger partial charge in [-0.1, -0.05) is 0 Å². The van der Waals surface area contributed by atoms with Crippen molar-refractivity contribution in [2.24, 2.45) is 0 Å². The van der Waals surface area contributed by atoms with Gasteiger partial charge in [-0.25, -0.2) is 0 Å². The van der Waals surface area contributed by atoms with Crippen LogP contribution >= 0.6 is 0 Å². The lowest BCUT2D eigenvalue weighted by Crippen LogP contribution is -2.20. The number of aromatic nitrogens is 1. The summed E-state index contributed by atoms with van der Waals surface area (Å²) in [6, 6.07) is 4.11. The Morgan fingerprint density at radius 3 is 3.10 bits per heavy atom. The Bertz CT molecular complexity index is 187. The molecule has 3 heteroatoms. The molecule has 1 fully saturated rings. The molecule has 1 saturated heterocycles. The number of hydrogen-bond acceptors (Lipinski definition) is 2. The first-order chi connectivity index (χ1) is 4.97. The number of hydrogen-bond donors (Lipinski definition) is 2. The zero-order valence-corrected chi connectivity index (χ0v) is 5.80. The van der Waals surface area contributed by atoms with Crippen molar-refractivity contribution in [3.8, 4) is 0 Å². The van der Waals surface area contributed by atoms with Crippen LogP contribution in [0, 0.1) is 0 Å². The van der Waals surface area contributed by atoms with E-state index in [1.54, 1.807) is 0 Å². The smallest absolute Gasteiger partial charge is 0.106 e. The minimum absolute atomic E-state index is 0.973. The SMILES string of the molecule is c1c[nH]c(N2CCNC2)c1. The standard InChI is InChI=1S/C7H11N3/c1-2-7(9-3-1)10-5-4-8-6-10/h1-3,8-9H,4-6H2. The first kappa shape index (κ1) is 5.80. The lowest BCUT2D eigenvalue weighted by atomic mass is 10.5. The molecular formula is C7H11N3. The number of anilines is 1. The number of H-pyrrole nitrogens is 1. The number of nitrogens with one attached hydrogen (secondary N) is 2. The monoisotopic (exact) mass is 137 g/mol. The Hall–Kier alpha value is -0.960. The van der Waals surface area contributed by atoms with E-state index in [1.165, 1.54) is 5.82 Å². The van der Waals surface area contributed by atoms with Crippen molar-refractivity contribution < 1.29 is 0 Å². The summed E-state index contributed by atoms with van der Waals surface area (Å²) in [4.78, 5) is 5.44. The van der Waals surface area contributed by atoms with Crippen molar-refractivity contribution in [3.63, 3.8) is 0 Å². The van der Waals surface area contributed by atoms with E-state index < -0.39 is 0 Å². The van der Waals surface area contributed by atoms with E-state index in [-0.39, 0.29) is 0 Å². The van der Waals surface area contributed by atoms with Gasteiger partial charge in [0, 0.05) is 19.3 Å². The van der Waals surface area contributed by atoms with E-state index in [0.29, 0.717) is 0 Å². The second kappa shape index (κ2) is 2.34. The second-order valence-electron chi connectivity index (χ2n) is 2.48. The average molecular weight is 137 g/mol. The van der Waals surface area contributed by atoms with Gasteiger partial charge in [0.25, 0.3) is 0 Å². The normalized spacial score (nSPS) is 18.2. The van der Waals surface area contributed by atoms with E-state index in [2.05, 4.69) is 21.3 Å². The van der Waals surface area contributed by atoms with E-state index in [9.17, 15) is 0 Å². The maximum Gasteiger partial charge on any atom is 0.106 e. The third kappa shape index (κ3) is 0.885. The molecule has 1 aliphatic rings. The molecule has 0 aliphatic carbocycles. The van der Waals surface area contributed by atoms with Crippen LogP contribution in [0.15, 0.2) is 18.3 Å². The maximum atomic E-state index is 3.27. The summed E-state index contributed by atoms with van der Waals surface area (Å²) in [5.41, 5.74) is 0. The third-order valence-corrected chi connectivity index (χ3v) is 1.78. The van der Waals surface area contributed by atoms with Gasteiger partial charge in [-0.2, -0.15) is 0 Å². The molecule has 0 atom stereocenters. The predicted molar refractivity (Wildman–Crippen MR) is 41.0 cm³/mol. The van der Waals surface area contributed by atoms with Gasteiger partial charge in [-0.3, -0.25) is 5.32 Å². The Morgan fingerprint density at radius 2 is 2.50 bits per heavy atom. The highest BCUT2D eigenvalue weighted by molar-refractivity contribution is 5.39. The highest BCUT2D eigenvalue weighted by atomic mass is 15.3. The lowest BCUT2D eigenvalue weighted by Gasteiger charge is -2.12. The molecule has 0 unspecified atom stereocenters. The van der Waals surface area contributed by atoms with Crippen LogP contribution in [0.5, 0.6) is 0 Å². The minimum Gasteiger partial charge on any atom is -0.348 e. The fourth-order valence-corrected chi connectivity index (χ4v) is 1.23. The Morgan fingerprint density at radius 1 is 1.50 bits per heavy atom. The van der Waals surface area contributed by atoms with Crippen molar-refractivity contribution in [3.05, 3.63) is 18.3 Å². The molecule has 0 spiro atoms. The fraction of sp³-hybridized carbons (Fsp3) is 0.429. The van der Waals surface area contributed by atoms with Crippen LogP contribution in [0.1, 0.15) is 0 Å². The van der Waals surface area contributed by atoms with Crippen LogP contribution in [0.25, 0.3) is 0 Å². The summed E-state index contributed by atoms with van der Waals surface area (Å²) >= 11 is 0. The van der Waals surface area contributed by atoms with Gasteiger partial charge in [-0.05, 0) is 12.1 Å². The molecule has 1 aromatic rings.